The van der Waals surface area contributed by atoms with Crippen molar-refractivity contribution in [1.29, 1.82) is 5.26 Å². The highest BCUT2D eigenvalue weighted by atomic mass is 16.1. The van der Waals surface area contributed by atoms with E-state index in [1.54, 1.807) is 0 Å². The number of carbonyl (C=O) groups is 1. The number of nitriles is 1. The summed E-state index contributed by atoms with van der Waals surface area (Å²) >= 11 is 0. The Morgan fingerprint density at radius 1 is 1.19 bits per heavy atom. The molecule has 0 bridgehead atoms. The lowest BCUT2D eigenvalue weighted by Gasteiger charge is -2.19. The number of H-pyrrole nitrogens is 1. The van der Waals surface area contributed by atoms with E-state index in [0.29, 0.717) is 5.92 Å². The van der Waals surface area contributed by atoms with Gasteiger partial charge < -0.3 is 10.3 Å². The fourth-order valence-corrected chi connectivity index (χ4v) is 3.36. The van der Waals surface area contributed by atoms with E-state index in [4.69, 9.17) is 5.26 Å². The van der Waals surface area contributed by atoms with Crippen LogP contribution in [-0.4, -0.2) is 17.4 Å². The Morgan fingerprint density at radius 3 is 2.77 bits per heavy atom. The van der Waals surface area contributed by atoms with E-state index >= 15 is 0 Å². The SMILES string of the molecule is CC(C)C[C@@H](C(=O)NCC#N)c1cccc(-c2cccc3cc[nH]c23)c1. The molecule has 1 atom stereocenters. The molecule has 1 amide bonds. The van der Waals surface area contributed by atoms with Crippen LogP contribution < -0.4 is 5.32 Å². The summed E-state index contributed by atoms with van der Waals surface area (Å²) in [7, 11) is 0. The molecule has 0 aliphatic carbocycles. The monoisotopic (exact) mass is 345 g/mol. The van der Waals surface area contributed by atoms with Gasteiger partial charge in [0.2, 0.25) is 5.91 Å². The van der Waals surface area contributed by atoms with Gasteiger partial charge in [-0.25, -0.2) is 0 Å². The quantitative estimate of drug-likeness (QED) is 0.641. The molecular formula is C22H23N3O. The molecule has 4 nitrogen and oxygen atoms in total. The Balaban J connectivity index is 1.99. The number of fused-ring (bicyclic) bond motifs is 1. The first-order valence-corrected chi connectivity index (χ1v) is 8.91. The average molecular weight is 345 g/mol. The largest absolute Gasteiger partial charge is 0.361 e. The highest BCUT2D eigenvalue weighted by Crippen LogP contribution is 2.31. The van der Waals surface area contributed by atoms with Gasteiger partial charge in [0.25, 0.3) is 0 Å². The molecule has 0 unspecified atom stereocenters. The van der Waals surface area contributed by atoms with Crippen LogP contribution in [0.2, 0.25) is 0 Å². The second-order valence-corrected chi connectivity index (χ2v) is 6.93. The number of carbonyl (C=O) groups excluding carboxylic acids is 1. The molecule has 0 saturated carbocycles. The van der Waals surface area contributed by atoms with E-state index in [1.807, 2.05) is 30.5 Å². The summed E-state index contributed by atoms with van der Waals surface area (Å²) in [6.45, 7) is 4.25. The van der Waals surface area contributed by atoms with Gasteiger partial charge in [-0.15, -0.1) is 0 Å². The van der Waals surface area contributed by atoms with Crippen LogP contribution in [0.15, 0.2) is 54.7 Å². The summed E-state index contributed by atoms with van der Waals surface area (Å²) in [6, 6.07) is 18.4. The number of nitrogens with zero attached hydrogens (tertiary/aromatic N) is 1. The summed E-state index contributed by atoms with van der Waals surface area (Å²) < 4.78 is 0. The molecule has 0 aliphatic heterocycles. The zero-order chi connectivity index (χ0) is 18.5. The third kappa shape index (κ3) is 3.78. The van der Waals surface area contributed by atoms with E-state index in [9.17, 15) is 4.79 Å². The molecule has 0 saturated heterocycles. The Labute approximate surface area is 153 Å². The van der Waals surface area contributed by atoms with E-state index in [1.165, 1.54) is 5.39 Å². The van der Waals surface area contributed by atoms with Gasteiger partial charge in [0.05, 0.1) is 17.5 Å². The molecular weight excluding hydrogens is 322 g/mol. The van der Waals surface area contributed by atoms with Crippen LogP contribution in [0.3, 0.4) is 0 Å². The maximum Gasteiger partial charge on any atom is 0.228 e. The van der Waals surface area contributed by atoms with Crippen molar-refractivity contribution in [1.82, 2.24) is 10.3 Å². The molecule has 0 fully saturated rings. The van der Waals surface area contributed by atoms with E-state index < -0.39 is 0 Å². The molecule has 4 heteroatoms. The summed E-state index contributed by atoms with van der Waals surface area (Å²) in [5.41, 5.74) is 4.28. The molecule has 1 heterocycles. The summed E-state index contributed by atoms with van der Waals surface area (Å²) in [5, 5.41) is 12.6. The lowest BCUT2D eigenvalue weighted by atomic mass is 9.87. The number of hydrogen-bond donors (Lipinski definition) is 2. The van der Waals surface area contributed by atoms with Gasteiger partial charge >= 0.3 is 0 Å². The van der Waals surface area contributed by atoms with Crippen LogP contribution in [0.4, 0.5) is 0 Å². The predicted octanol–water partition coefficient (Wildman–Crippen LogP) is 4.60. The summed E-state index contributed by atoms with van der Waals surface area (Å²) in [6.07, 6.45) is 2.68. The van der Waals surface area contributed by atoms with Crippen LogP contribution in [0.5, 0.6) is 0 Å². The molecule has 26 heavy (non-hydrogen) atoms. The lowest BCUT2D eigenvalue weighted by molar-refractivity contribution is -0.122. The topological polar surface area (TPSA) is 68.7 Å². The first-order valence-electron chi connectivity index (χ1n) is 8.91. The van der Waals surface area contributed by atoms with Gasteiger partial charge in [0, 0.05) is 11.8 Å². The third-order valence-corrected chi connectivity index (χ3v) is 4.55. The van der Waals surface area contributed by atoms with Crippen molar-refractivity contribution in [2.75, 3.05) is 6.54 Å². The zero-order valence-corrected chi connectivity index (χ0v) is 15.1. The molecule has 3 rings (SSSR count). The first-order chi connectivity index (χ1) is 12.6. The second kappa shape index (κ2) is 7.88. The fourth-order valence-electron chi connectivity index (χ4n) is 3.36. The van der Waals surface area contributed by atoms with Crippen LogP contribution in [-0.2, 0) is 4.79 Å². The molecule has 0 aliphatic rings. The van der Waals surface area contributed by atoms with Gasteiger partial charge in [-0.3, -0.25) is 4.79 Å². The predicted molar refractivity (Wildman–Crippen MR) is 105 cm³/mol. The summed E-state index contributed by atoms with van der Waals surface area (Å²) in [5.74, 6) is 0.0324. The van der Waals surface area contributed by atoms with E-state index in [0.717, 1.165) is 28.6 Å². The second-order valence-electron chi connectivity index (χ2n) is 6.93. The van der Waals surface area contributed by atoms with Crippen molar-refractivity contribution in [2.45, 2.75) is 26.2 Å². The standard InChI is InChI=1S/C22H23N3O/c1-15(2)13-20(22(26)25-12-10-23)18-7-3-6-17(14-18)19-8-4-5-16-9-11-24-21(16)19/h3-9,11,14-15,20,24H,12-13H2,1-2H3,(H,25,26)/t20-/m1/s1. The number of aromatic nitrogens is 1. The van der Waals surface area contributed by atoms with Gasteiger partial charge in [-0.2, -0.15) is 5.26 Å². The molecule has 2 aromatic carbocycles. The Morgan fingerprint density at radius 2 is 2.00 bits per heavy atom. The average Bonchev–Trinajstić information content (AvgIpc) is 3.13. The van der Waals surface area contributed by atoms with Crippen LogP contribution >= 0.6 is 0 Å². The number of benzene rings is 2. The van der Waals surface area contributed by atoms with Crippen molar-refractivity contribution in [3.8, 4) is 17.2 Å². The molecule has 1 aromatic heterocycles. The fraction of sp³-hybridized carbons (Fsp3) is 0.273. The van der Waals surface area contributed by atoms with E-state index in [-0.39, 0.29) is 18.4 Å². The van der Waals surface area contributed by atoms with Gasteiger partial charge in [0.15, 0.2) is 0 Å². The van der Waals surface area contributed by atoms with Crippen molar-refractivity contribution < 1.29 is 4.79 Å². The number of para-hydroxylation sites is 1. The Bertz CT molecular complexity index is 949. The molecule has 0 radical (unpaired) electrons. The maximum absolute atomic E-state index is 12.6. The number of aromatic amines is 1. The summed E-state index contributed by atoms with van der Waals surface area (Å²) in [4.78, 5) is 15.9. The number of amides is 1. The van der Waals surface area contributed by atoms with Crippen molar-refractivity contribution in [3.63, 3.8) is 0 Å². The molecule has 2 N–H and O–H groups in total. The molecule has 132 valence electrons. The van der Waals surface area contributed by atoms with Crippen molar-refractivity contribution >= 4 is 16.8 Å². The normalized spacial score (nSPS) is 12.1. The smallest absolute Gasteiger partial charge is 0.228 e. The highest BCUT2D eigenvalue weighted by Gasteiger charge is 2.22. The van der Waals surface area contributed by atoms with Crippen molar-refractivity contribution in [3.05, 3.63) is 60.3 Å². The Hall–Kier alpha value is -3.06. The minimum atomic E-state index is -0.258. The lowest BCUT2D eigenvalue weighted by Crippen LogP contribution is -2.30. The number of rotatable bonds is 6. The minimum Gasteiger partial charge on any atom is -0.361 e. The Kier molecular flexibility index (Phi) is 5.38. The number of hydrogen-bond acceptors (Lipinski definition) is 2. The van der Waals surface area contributed by atoms with Gasteiger partial charge in [-0.1, -0.05) is 56.3 Å². The van der Waals surface area contributed by atoms with Gasteiger partial charge in [0.1, 0.15) is 6.54 Å². The van der Waals surface area contributed by atoms with E-state index in [2.05, 4.69) is 54.5 Å². The van der Waals surface area contributed by atoms with Crippen LogP contribution in [0.25, 0.3) is 22.0 Å². The highest BCUT2D eigenvalue weighted by molar-refractivity contribution is 5.94. The van der Waals surface area contributed by atoms with Gasteiger partial charge in [-0.05, 0) is 34.9 Å². The first kappa shape index (κ1) is 17.8. The molecule has 0 spiro atoms. The zero-order valence-electron chi connectivity index (χ0n) is 15.1. The maximum atomic E-state index is 12.6. The van der Waals surface area contributed by atoms with Crippen molar-refractivity contribution in [2.24, 2.45) is 5.92 Å². The number of nitrogens with one attached hydrogen (secondary N) is 2. The minimum absolute atomic E-state index is 0.0366. The van der Waals surface area contributed by atoms with Crippen LogP contribution in [0, 0.1) is 17.2 Å². The molecule has 3 aromatic rings. The third-order valence-electron chi connectivity index (χ3n) is 4.55. The van der Waals surface area contributed by atoms with Crippen LogP contribution in [0.1, 0.15) is 31.7 Å².